The number of fused-ring (bicyclic) bond motifs is 2. The molecule has 2 aliphatic heterocycles. The summed E-state index contributed by atoms with van der Waals surface area (Å²) >= 11 is 0. The van der Waals surface area contributed by atoms with Gasteiger partial charge in [0.05, 0.1) is 11.8 Å². The summed E-state index contributed by atoms with van der Waals surface area (Å²) in [7, 11) is 1.48. The summed E-state index contributed by atoms with van der Waals surface area (Å²) in [5, 5.41) is 1.38. The SMILES string of the molecule is CN1C(=O)[C@H]2CN(C(=O)Cn3ccc4ccccc4c3=O)C[C@H]2C1=O. The number of carbonyl (C=O) groups excluding carboxylic acids is 3. The van der Waals surface area contributed by atoms with Gasteiger partial charge < -0.3 is 9.47 Å². The predicted octanol–water partition coefficient (Wildman–Crippen LogP) is 0.0747. The second-order valence-electron chi connectivity index (χ2n) is 6.58. The van der Waals surface area contributed by atoms with Crippen molar-refractivity contribution >= 4 is 28.5 Å². The first-order valence-electron chi connectivity index (χ1n) is 8.15. The molecule has 1 aromatic heterocycles. The van der Waals surface area contributed by atoms with Gasteiger partial charge in [-0.3, -0.25) is 24.1 Å². The van der Waals surface area contributed by atoms with Crippen LogP contribution in [0.1, 0.15) is 0 Å². The molecule has 0 N–H and O–H groups in total. The smallest absolute Gasteiger partial charge is 0.258 e. The summed E-state index contributed by atoms with van der Waals surface area (Å²) in [4.78, 5) is 51.8. The molecule has 0 bridgehead atoms. The normalized spacial score (nSPS) is 22.8. The van der Waals surface area contributed by atoms with E-state index in [4.69, 9.17) is 0 Å². The summed E-state index contributed by atoms with van der Waals surface area (Å²) in [5.41, 5.74) is -0.224. The van der Waals surface area contributed by atoms with Crippen molar-refractivity contribution in [3.8, 4) is 0 Å². The fourth-order valence-electron chi connectivity index (χ4n) is 3.71. The zero-order valence-corrected chi connectivity index (χ0v) is 13.7. The average molecular weight is 339 g/mol. The van der Waals surface area contributed by atoms with Crippen LogP contribution in [0.3, 0.4) is 0 Å². The van der Waals surface area contributed by atoms with Gasteiger partial charge >= 0.3 is 0 Å². The second kappa shape index (κ2) is 5.54. The number of benzene rings is 1. The molecule has 0 unspecified atom stereocenters. The van der Waals surface area contributed by atoms with Gasteiger partial charge in [0.2, 0.25) is 17.7 Å². The number of pyridine rings is 1. The molecule has 2 aromatic rings. The van der Waals surface area contributed by atoms with E-state index in [1.54, 1.807) is 24.4 Å². The summed E-state index contributed by atoms with van der Waals surface area (Å²) in [6.45, 7) is 0.378. The second-order valence-corrected chi connectivity index (χ2v) is 6.58. The Morgan fingerprint density at radius 1 is 1.04 bits per heavy atom. The van der Waals surface area contributed by atoms with E-state index in [9.17, 15) is 19.2 Å². The van der Waals surface area contributed by atoms with Crippen LogP contribution in [0.5, 0.6) is 0 Å². The third-order valence-electron chi connectivity index (χ3n) is 5.16. The Balaban J connectivity index is 1.54. The number of aromatic nitrogens is 1. The van der Waals surface area contributed by atoms with Crippen molar-refractivity contribution in [2.24, 2.45) is 11.8 Å². The summed E-state index contributed by atoms with van der Waals surface area (Å²) < 4.78 is 1.37. The van der Waals surface area contributed by atoms with Crippen LogP contribution in [0.2, 0.25) is 0 Å². The summed E-state index contributed by atoms with van der Waals surface area (Å²) in [6, 6.07) is 9.01. The van der Waals surface area contributed by atoms with Gasteiger partial charge in [0.25, 0.3) is 5.56 Å². The number of likely N-dealkylation sites (tertiary alicyclic amines) is 2. The number of hydrogen-bond acceptors (Lipinski definition) is 4. The number of imide groups is 1. The largest absolute Gasteiger partial charge is 0.339 e. The van der Waals surface area contributed by atoms with E-state index >= 15 is 0 Å². The van der Waals surface area contributed by atoms with E-state index in [0.29, 0.717) is 5.39 Å². The molecule has 0 spiro atoms. The first kappa shape index (κ1) is 15.6. The van der Waals surface area contributed by atoms with Crippen molar-refractivity contribution in [1.29, 1.82) is 0 Å². The lowest BCUT2D eigenvalue weighted by Gasteiger charge is -2.19. The maximum absolute atomic E-state index is 12.6. The van der Waals surface area contributed by atoms with Crippen molar-refractivity contribution in [2.75, 3.05) is 20.1 Å². The molecule has 0 saturated carbocycles. The van der Waals surface area contributed by atoms with Crippen molar-refractivity contribution in [2.45, 2.75) is 6.54 Å². The van der Waals surface area contributed by atoms with E-state index in [-0.39, 0.29) is 42.9 Å². The molecule has 0 aliphatic carbocycles. The predicted molar refractivity (Wildman–Crippen MR) is 89.5 cm³/mol. The Hall–Kier alpha value is -2.96. The molecule has 2 fully saturated rings. The van der Waals surface area contributed by atoms with Crippen molar-refractivity contribution in [3.05, 3.63) is 46.9 Å². The van der Waals surface area contributed by atoms with Crippen LogP contribution in [0.25, 0.3) is 10.8 Å². The highest BCUT2D eigenvalue weighted by Crippen LogP contribution is 2.32. The zero-order chi connectivity index (χ0) is 17.7. The minimum atomic E-state index is -0.449. The van der Waals surface area contributed by atoms with Gasteiger partial charge in [0.1, 0.15) is 6.54 Å². The molecule has 7 nitrogen and oxygen atoms in total. The Kier molecular flexibility index (Phi) is 3.45. The van der Waals surface area contributed by atoms with Gasteiger partial charge in [-0.25, -0.2) is 0 Å². The molecule has 2 atom stereocenters. The highest BCUT2D eigenvalue weighted by Gasteiger charge is 2.51. The van der Waals surface area contributed by atoms with Gasteiger partial charge in [-0.05, 0) is 17.5 Å². The molecule has 4 rings (SSSR count). The van der Waals surface area contributed by atoms with Gasteiger partial charge in [-0.15, -0.1) is 0 Å². The number of nitrogens with zero attached hydrogens (tertiary/aromatic N) is 3. The number of hydrogen-bond donors (Lipinski definition) is 0. The Morgan fingerprint density at radius 3 is 2.36 bits per heavy atom. The standard InChI is InChI=1S/C18H17N3O4/c1-19-16(23)13-8-21(9-14(13)17(19)24)15(22)10-20-7-6-11-4-2-3-5-12(11)18(20)25/h2-7,13-14H,8-10H2,1H3/t13-,14+. The van der Waals surface area contributed by atoms with Gasteiger partial charge in [-0.2, -0.15) is 0 Å². The van der Waals surface area contributed by atoms with Gasteiger partial charge in [0, 0.05) is 31.7 Å². The van der Waals surface area contributed by atoms with Crippen LogP contribution in [-0.4, -0.2) is 52.2 Å². The number of carbonyl (C=O) groups is 3. The Labute approximate surface area is 143 Å². The van der Waals surface area contributed by atoms with Gasteiger partial charge in [0.15, 0.2) is 0 Å². The van der Waals surface area contributed by atoms with E-state index in [0.717, 1.165) is 10.3 Å². The molecule has 128 valence electrons. The topological polar surface area (TPSA) is 79.7 Å². The first-order valence-corrected chi connectivity index (χ1v) is 8.15. The molecule has 25 heavy (non-hydrogen) atoms. The minimum absolute atomic E-state index is 0.0959. The van der Waals surface area contributed by atoms with Crippen LogP contribution in [0, 0.1) is 11.8 Å². The maximum atomic E-state index is 12.6. The molecule has 2 aliphatic rings. The molecule has 0 radical (unpaired) electrons. The third-order valence-corrected chi connectivity index (χ3v) is 5.16. The van der Waals surface area contributed by atoms with Crippen LogP contribution < -0.4 is 5.56 Å². The molecule has 2 saturated heterocycles. The fourth-order valence-corrected chi connectivity index (χ4v) is 3.71. The highest BCUT2D eigenvalue weighted by molar-refractivity contribution is 6.06. The first-order chi connectivity index (χ1) is 12.0. The molecule has 1 aromatic carbocycles. The Bertz CT molecular complexity index is 940. The molecular formula is C18H17N3O4. The van der Waals surface area contributed by atoms with E-state index in [2.05, 4.69) is 0 Å². The summed E-state index contributed by atoms with van der Waals surface area (Å²) in [5.74, 6) is -1.61. The van der Waals surface area contributed by atoms with E-state index < -0.39 is 11.8 Å². The van der Waals surface area contributed by atoms with Crippen LogP contribution in [-0.2, 0) is 20.9 Å². The number of rotatable bonds is 2. The van der Waals surface area contributed by atoms with Crippen molar-refractivity contribution in [3.63, 3.8) is 0 Å². The highest BCUT2D eigenvalue weighted by atomic mass is 16.2. The number of amides is 3. The van der Waals surface area contributed by atoms with E-state index in [1.165, 1.54) is 16.5 Å². The Morgan fingerprint density at radius 2 is 1.68 bits per heavy atom. The summed E-state index contributed by atoms with van der Waals surface area (Å²) in [6.07, 6.45) is 1.60. The maximum Gasteiger partial charge on any atom is 0.258 e. The molecule has 7 heteroatoms. The fraction of sp³-hybridized carbons (Fsp3) is 0.333. The lowest BCUT2D eigenvalue weighted by molar-refractivity contribution is -0.139. The quantitative estimate of drug-likeness (QED) is 0.726. The van der Waals surface area contributed by atoms with Crippen molar-refractivity contribution < 1.29 is 14.4 Å². The third kappa shape index (κ3) is 2.34. The molecular weight excluding hydrogens is 322 g/mol. The monoisotopic (exact) mass is 339 g/mol. The average Bonchev–Trinajstić information content (AvgIpc) is 3.14. The van der Waals surface area contributed by atoms with E-state index in [1.807, 2.05) is 12.1 Å². The molecule has 3 heterocycles. The minimum Gasteiger partial charge on any atom is -0.339 e. The van der Waals surface area contributed by atoms with Crippen LogP contribution in [0.4, 0.5) is 0 Å². The van der Waals surface area contributed by atoms with Crippen molar-refractivity contribution in [1.82, 2.24) is 14.4 Å². The zero-order valence-electron chi connectivity index (χ0n) is 13.7. The molecule has 3 amide bonds. The lowest BCUT2D eigenvalue weighted by atomic mass is 10.00. The van der Waals surface area contributed by atoms with Crippen LogP contribution in [0.15, 0.2) is 41.3 Å². The lowest BCUT2D eigenvalue weighted by Crippen LogP contribution is -2.38. The van der Waals surface area contributed by atoms with Crippen LogP contribution >= 0.6 is 0 Å². The van der Waals surface area contributed by atoms with Gasteiger partial charge in [-0.1, -0.05) is 18.2 Å².